The summed E-state index contributed by atoms with van der Waals surface area (Å²) in [4.78, 5) is 37.5. The van der Waals surface area contributed by atoms with Gasteiger partial charge in [0.15, 0.2) is 5.92 Å². The second-order valence-electron chi connectivity index (χ2n) is 4.70. The van der Waals surface area contributed by atoms with Gasteiger partial charge in [0.05, 0.1) is 19.1 Å². The summed E-state index contributed by atoms with van der Waals surface area (Å²) in [6.07, 6.45) is 0. The van der Waals surface area contributed by atoms with E-state index in [1.165, 1.54) is 4.90 Å². The molecule has 6 nitrogen and oxygen atoms in total. The normalized spacial score (nSPS) is 22.8. The van der Waals surface area contributed by atoms with E-state index in [9.17, 15) is 14.4 Å². The van der Waals surface area contributed by atoms with Crippen LogP contribution in [-0.4, -0.2) is 49.6 Å². The van der Waals surface area contributed by atoms with Crippen molar-refractivity contribution in [3.8, 4) is 0 Å². The van der Waals surface area contributed by atoms with Crippen molar-refractivity contribution in [2.75, 3.05) is 26.8 Å². The van der Waals surface area contributed by atoms with Gasteiger partial charge in [0, 0.05) is 13.6 Å². The Labute approximate surface area is 113 Å². The number of amides is 1. The first kappa shape index (κ1) is 15.5. The minimum Gasteiger partial charge on any atom is -0.465 e. The lowest BCUT2D eigenvalue weighted by Crippen LogP contribution is -2.40. The molecule has 0 radical (unpaired) electrons. The molecule has 1 aliphatic rings. The lowest BCUT2D eigenvalue weighted by molar-refractivity contribution is -0.167. The Hall–Kier alpha value is -1.59. The van der Waals surface area contributed by atoms with Crippen LogP contribution in [0.3, 0.4) is 0 Å². The average molecular weight is 271 g/mol. The van der Waals surface area contributed by atoms with Crippen LogP contribution in [0.2, 0.25) is 0 Å². The van der Waals surface area contributed by atoms with Gasteiger partial charge in [-0.05, 0) is 19.8 Å². The molecule has 0 aliphatic carbocycles. The molecule has 0 bridgehead atoms. The van der Waals surface area contributed by atoms with Crippen molar-refractivity contribution in [3.05, 3.63) is 0 Å². The molecule has 2 unspecified atom stereocenters. The van der Waals surface area contributed by atoms with E-state index >= 15 is 0 Å². The van der Waals surface area contributed by atoms with Gasteiger partial charge in [0.2, 0.25) is 5.91 Å². The Kier molecular flexibility index (Phi) is 5.32. The number of nitrogens with zero attached hydrogens (tertiary/aromatic N) is 1. The van der Waals surface area contributed by atoms with Crippen LogP contribution in [0.25, 0.3) is 0 Å². The van der Waals surface area contributed by atoms with Crippen LogP contribution in [0.15, 0.2) is 0 Å². The topological polar surface area (TPSA) is 72.9 Å². The number of hydrogen-bond acceptors (Lipinski definition) is 5. The molecular weight excluding hydrogens is 250 g/mol. The highest BCUT2D eigenvalue weighted by Crippen LogP contribution is 2.31. The molecular formula is C13H21NO5. The van der Waals surface area contributed by atoms with E-state index in [-0.39, 0.29) is 25.0 Å². The third-order valence-electron chi connectivity index (χ3n) is 3.28. The summed E-state index contributed by atoms with van der Waals surface area (Å²) in [5, 5.41) is 0. The zero-order valence-corrected chi connectivity index (χ0v) is 11.8. The SMILES string of the molecule is CCOC(=O)C(C(=O)OCC)C1C(=O)N(C)CC1C. The van der Waals surface area contributed by atoms with Crippen LogP contribution in [0, 0.1) is 17.8 Å². The zero-order chi connectivity index (χ0) is 14.6. The maximum Gasteiger partial charge on any atom is 0.321 e. The number of hydrogen-bond donors (Lipinski definition) is 0. The third kappa shape index (κ3) is 3.24. The van der Waals surface area contributed by atoms with Gasteiger partial charge < -0.3 is 14.4 Å². The van der Waals surface area contributed by atoms with E-state index in [0.717, 1.165) is 0 Å². The molecule has 1 rings (SSSR count). The maximum absolute atomic E-state index is 12.1. The van der Waals surface area contributed by atoms with Gasteiger partial charge in [-0.1, -0.05) is 6.92 Å². The zero-order valence-electron chi connectivity index (χ0n) is 11.8. The molecule has 0 aromatic heterocycles. The molecule has 1 heterocycles. The summed E-state index contributed by atoms with van der Waals surface area (Å²) in [5.41, 5.74) is 0. The van der Waals surface area contributed by atoms with Gasteiger partial charge in [-0.3, -0.25) is 14.4 Å². The van der Waals surface area contributed by atoms with Crippen molar-refractivity contribution in [2.24, 2.45) is 17.8 Å². The number of carbonyl (C=O) groups is 3. The van der Waals surface area contributed by atoms with Crippen LogP contribution in [0.5, 0.6) is 0 Å². The number of rotatable bonds is 5. The van der Waals surface area contributed by atoms with E-state index in [0.29, 0.717) is 6.54 Å². The first-order valence-electron chi connectivity index (χ1n) is 6.52. The summed E-state index contributed by atoms with van der Waals surface area (Å²) < 4.78 is 9.81. The molecule has 0 aromatic carbocycles. The fourth-order valence-corrected chi connectivity index (χ4v) is 2.46. The van der Waals surface area contributed by atoms with Gasteiger partial charge in [0.25, 0.3) is 0 Å². The van der Waals surface area contributed by atoms with Crippen molar-refractivity contribution < 1.29 is 23.9 Å². The largest absolute Gasteiger partial charge is 0.465 e. The van der Waals surface area contributed by atoms with Crippen LogP contribution in [0.1, 0.15) is 20.8 Å². The summed E-state index contributed by atoms with van der Waals surface area (Å²) in [7, 11) is 1.66. The number of esters is 2. The summed E-state index contributed by atoms with van der Waals surface area (Å²) in [5.74, 6) is -3.51. The average Bonchev–Trinajstić information content (AvgIpc) is 2.57. The highest BCUT2D eigenvalue weighted by molar-refractivity contribution is 6.00. The third-order valence-corrected chi connectivity index (χ3v) is 3.28. The minimum absolute atomic E-state index is 0.0867. The van der Waals surface area contributed by atoms with E-state index in [1.54, 1.807) is 20.9 Å². The first-order chi connectivity index (χ1) is 8.93. The molecule has 2 atom stereocenters. The Bertz CT molecular complexity index is 350. The second kappa shape index (κ2) is 6.54. The second-order valence-corrected chi connectivity index (χ2v) is 4.70. The van der Waals surface area contributed by atoms with E-state index < -0.39 is 23.8 Å². The quantitative estimate of drug-likeness (QED) is 0.536. The van der Waals surface area contributed by atoms with Crippen molar-refractivity contribution >= 4 is 17.8 Å². The van der Waals surface area contributed by atoms with Gasteiger partial charge in [-0.25, -0.2) is 0 Å². The van der Waals surface area contributed by atoms with Crippen LogP contribution in [0.4, 0.5) is 0 Å². The van der Waals surface area contributed by atoms with Crippen molar-refractivity contribution in [1.82, 2.24) is 4.90 Å². The molecule has 0 aromatic rings. The summed E-state index contributed by atoms with van der Waals surface area (Å²) in [6, 6.07) is 0. The molecule has 0 saturated carbocycles. The smallest absolute Gasteiger partial charge is 0.321 e. The molecule has 1 saturated heterocycles. The molecule has 1 fully saturated rings. The summed E-state index contributed by atoms with van der Waals surface area (Å²) in [6.45, 7) is 6.02. The monoisotopic (exact) mass is 271 g/mol. The van der Waals surface area contributed by atoms with E-state index in [1.807, 2.05) is 6.92 Å². The van der Waals surface area contributed by atoms with Crippen LogP contribution in [-0.2, 0) is 23.9 Å². The summed E-state index contributed by atoms with van der Waals surface area (Å²) >= 11 is 0. The van der Waals surface area contributed by atoms with Gasteiger partial charge in [-0.15, -0.1) is 0 Å². The first-order valence-corrected chi connectivity index (χ1v) is 6.52. The Balaban J connectivity index is 2.99. The lowest BCUT2D eigenvalue weighted by Gasteiger charge is -2.21. The standard InChI is InChI=1S/C13H21NO5/c1-5-18-12(16)10(13(17)19-6-2)9-8(3)7-14(4)11(9)15/h8-10H,5-7H2,1-4H3. The fourth-order valence-electron chi connectivity index (χ4n) is 2.46. The molecule has 108 valence electrons. The Morgan fingerprint density at radius 1 is 1.26 bits per heavy atom. The van der Waals surface area contributed by atoms with Crippen LogP contribution >= 0.6 is 0 Å². The van der Waals surface area contributed by atoms with Crippen molar-refractivity contribution in [2.45, 2.75) is 20.8 Å². The van der Waals surface area contributed by atoms with Gasteiger partial charge in [0.1, 0.15) is 0 Å². The molecule has 0 spiro atoms. The molecule has 6 heteroatoms. The lowest BCUT2D eigenvalue weighted by atomic mass is 9.84. The number of ether oxygens (including phenoxy) is 2. The highest BCUT2D eigenvalue weighted by Gasteiger charge is 2.49. The van der Waals surface area contributed by atoms with Gasteiger partial charge >= 0.3 is 11.9 Å². The Morgan fingerprint density at radius 3 is 2.05 bits per heavy atom. The maximum atomic E-state index is 12.1. The minimum atomic E-state index is -1.16. The fraction of sp³-hybridized carbons (Fsp3) is 0.769. The van der Waals surface area contributed by atoms with Gasteiger partial charge in [-0.2, -0.15) is 0 Å². The highest BCUT2D eigenvalue weighted by atomic mass is 16.6. The van der Waals surface area contributed by atoms with Crippen molar-refractivity contribution in [1.29, 1.82) is 0 Å². The molecule has 1 aliphatic heterocycles. The van der Waals surface area contributed by atoms with E-state index in [4.69, 9.17) is 9.47 Å². The number of carbonyl (C=O) groups excluding carboxylic acids is 3. The molecule has 0 N–H and O–H groups in total. The Morgan fingerprint density at radius 2 is 1.74 bits per heavy atom. The number of likely N-dealkylation sites (tertiary alicyclic amines) is 1. The predicted octanol–water partition coefficient (Wildman–Crippen LogP) is 0.453. The van der Waals surface area contributed by atoms with Crippen molar-refractivity contribution in [3.63, 3.8) is 0 Å². The molecule has 19 heavy (non-hydrogen) atoms. The van der Waals surface area contributed by atoms with Crippen LogP contribution < -0.4 is 0 Å². The predicted molar refractivity (Wildman–Crippen MR) is 67.0 cm³/mol. The molecule has 1 amide bonds. The van der Waals surface area contributed by atoms with E-state index in [2.05, 4.69) is 0 Å².